The Labute approximate surface area is 162 Å². The van der Waals surface area contributed by atoms with Gasteiger partial charge in [0.2, 0.25) is 0 Å². The smallest absolute Gasteiger partial charge is 0.263 e. The van der Waals surface area contributed by atoms with Crippen LogP contribution in [-0.4, -0.2) is 17.6 Å². The number of nitrogens with zero attached hydrogens (tertiary/aromatic N) is 1. The van der Waals surface area contributed by atoms with E-state index in [4.69, 9.17) is 5.73 Å². The maximum atomic E-state index is 12.9. The summed E-state index contributed by atoms with van der Waals surface area (Å²) in [4.78, 5) is 29.2. The van der Waals surface area contributed by atoms with Gasteiger partial charge in [0.15, 0.2) is 17.3 Å². The number of nitrogens with two attached hydrogens (primary N) is 1. The molecular weight excluding hydrogens is 350 g/mol. The largest absolute Gasteiger partial charge is 0.370 e. The zero-order valence-corrected chi connectivity index (χ0v) is 15.3. The molecular formula is C23H19N3O2. The van der Waals surface area contributed by atoms with E-state index in [0.29, 0.717) is 11.1 Å². The second-order valence-electron chi connectivity index (χ2n) is 6.75. The second-order valence-corrected chi connectivity index (χ2v) is 6.75. The average molecular weight is 369 g/mol. The van der Waals surface area contributed by atoms with E-state index >= 15 is 0 Å². The van der Waals surface area contributed by atoms with Crippen molar-refractivity contribution in [1.82, 2.24) is 5.32 Å². The van der Waals surface area contributed by atoms with Crippen LogP contribution in [0.5, 0.6) is 0 Å². The van der Waals surface area contributed by atoms with Gasteiger partial charge in [-0.2, -0.15) is 0 Å². The molecule has 5 heteroatoms. The predicted molar refractivity (Wildman–Crippen MR) is 109 cm³/mol. The summed E-state index contributed by atoms with van der Waals surface area (Å²) < 4.78 is 0. The van der Waals surface area contributed by atoms with E-state index in [1.807, 2.05) is 72.8 Å². The van der Waals surface area contributed by atoms with Gasteiger partial charge in [0.25, 0.3) is 5.91 Å². The van der Waals surface area contributed by atoms with Gasteiger partial charge in [-0.15, -0.1) is 0 Å². The molecule has 0 aliphatic carbocycles. The molecule has 0 bridgehead atoms. The fourth-order valence-electron chi connectivity index (χ4n) is 3.55. The van der Waals surface area contributed by atoms with Crippen molar-refractivity contribution in [1.29, 1.82) is 0 Å². The van der Waals surface area contributed by atoms with E-state index in [1.54, 1.807) is 13.0 Å². The number of amides is 1. The minimum atomic E-state index is -1.24. The van der Waals surface area contributed by atoms with Gasteiger partial charge in [0, 0.05) is 5.56 Å². The third kappa shape index (κ3) is 2.87. The van der Waals surface area contributed by atoms with Crippen LogP contribution in [0.25, 0.3) is 11.1 Å². The number of ketones is 1. The summed E-state index contributed by atoms with van der Waals surface area (Å²) in [7, 11) is 0. The Hall–Kier alpha value is -3.73. The maximum absolute atomic E-state index is 12.9. The van der Waals surface area contributed by atoms with Crippen molar-refractivity contribution in [3.05, 3.63) is 95.6 Å². The summed E-state index contributed by atoms with van der Waals surface area (Å²) in [6, 6.07) is 24.4. The van der Waals surface area contributed by atoms with Gasteiger partial charge in [0.1, 0.15) is 0 Å². The Kier molecular flexibility index (Phi) is 4.28. The molecule has 1 unspecified atom stereocenters. The standard InChI is InChI=1S/C23H19N3O2/c1-15(27)16-7-5-8-17(13-16)18-9-6-12-20(14-18)23(19-10-3-2-4-11-19)21(28)25-22(24)26-23/h2-14H,1H3,(H3,24,25,26,28). The fourth-order valence-corrected chi connectivity index (χ4v) is 3.55. The molecule has 3 aromatic rings. The van der Waals surface area contributed by atoms with E-state index in [0.717, 1.165) is 16.7 Å². The van der Waals surface area contributed by atoms with Gasteiger partial charge in [-0.25, -0.2) is 4.99 Å². The number of Topliss-reactive ketones (excluding diaryl/α,β-unsaturated/α-hetero) is 1. The van der Waals surface area contributed by atoms with Gasteiger partial charge in [-0.05, 0) is 41.3 Å². The minimum absolute atomic E-state index is 0.00584. The van der Waals surface area contributed by atoms with Gasteiger partial charge >= 0.3 is 0 Å². The summed E-state index contributed by atoms with van der Waals surface area (Å²) in [5.41, 5.74) is 8.50. The number of carbonyl (C=O) groups excluding carboxylic acids is 2. The number of nitrogens with one attached hydrogen (secondary N) is 1. The fraction of sp³-hybridized carbons (Fsp3) is 0.0870. The van der Waals surface area contributed by atoms with Crippen LogP contribution in [0.1, 0.15) is 28.4 Å². The molecule has 3 N–H and O–H groups in total. The van der Waals surface area contributed by atoms with E-state index in [-0.39, 0.29) is 17.6 Å². The molecule has 0 radical (unpaired) electrons. The zero-order valence-electron chi connectivity index (χ0n) is 15.3. The molecule has 138 valence electrons. The number of aliphatic imine (C=N–C) groups is 1. The molecule has 4 rings (SSSR count). The van der Waals surface area contributed by atoms with Crippen molar-refractivity contribution in [3.8, 4) is 11.1 Å². The molecule has 5 nitrogen and oxygen atoms in total. The highest BCUT2D eigenvalue weighted by Gasteiger charge is 2.46. The van der Waals surface area contributed by atoms with Crippen LogP contribution in [0, 0.1) is 0 Å². The molecule has 0 aromatic heterocycles. The quantitative estimate of drug-likeness (QED) is 0.693. The second kappa shape index (κ2) is 6.78. The highest BCUT2D eigenvalue weighted by Crippen LogP contribution is 2.38. The lowest BCUT2D eigenvalue weighted by Crippen LogP contribution is -2.39. The molecule has 0 fully saturated rings. The predicted octanol–water partition coefficient (Wildman–Crippen LogP) is 3.24. The van der Waals surface area contributed by atoms with E-state index in [9.17, 15) is 9.59 Å². The Morgan fingerprint density at radius 1 is 0.893 bits per heavy atom. The molecule has 0 spiro atoms. The van der Waals surface area contributed by atoms with Crippen LogP contribution in [0.3, 0.4) is 0 Å². The number of hydrogen-bond acceptors (Lipinski definition) is 4. The van der Waals surface area contributed by atoms with E-state index in [1.165, 1.54) is 0 Å². The monoisotopic (exact) mass is 369 g/mol. The summed E-state index contributed by atoms with van der Waals surface area (Å²) in [6.45, 7) is 1.54. The lowest BCUT2D eigenvalue weighted by atomic mass is 9.82. The molecule has 1 aliphatic rings. The molecule has 0 saturated carbocycles. The van der Waals surface area contributed by atoms with Crippen molar-refractivity contribution in [2.45, 2.75) is 12.5 Å². The molecule has 0 saturated heterocycles. The number of benzene rings is 3. The van der Waals surface area contributed by atoms with Gasteiger partial charge in [0.05, 0.1) is 0 Å². The zero-order chi connectivity index (χ0) is 19.7. The van der Waals surface area contributed by atoms with E-state index in [2.05, 4.69) is 10.3 Å². The summed E-state index contributed by atoms with van der Waals surface area (Å²) in [5.74, 6) is -0.185. The Morgan fingerprint density at radius 2 is 1.54 bits per heavy atom. The van der Waals surface area contributed by atoms with Crippen molar-refractivity contribution in [2.24, 2.45) is 10.7 Å². The van der Waals surface area contributed by atoms with Crippen molar-refractivity contribution < 1.29 is 9.59 Å². The first-order valence-corrected chi connectivity index (χ1v) is 8.95. The molecule has 3 aromatic carbocycles. The van der Waals surface area contributed by atoms with Crippen LogP contribution in [-0.2, 0) is 10.3 Å². The lowest BCUT2D eigenvalue weighted by Gasteiger charge is -2.25. The summed E-state index contributed by atoms with van der Waals surface area (Å²) >= 11 is 0. The van der Waals surface area contributed by atoms with Crippen LogP contribution in [0.4, 0.5) is 0 Å². The van der Waals surface area contributed by atoms with Crippen LogP contribution >= 0.6 is 0 Å². The SMILES string of the molecule is CC(=O)c1cccc(-c2cccc(C3(c4ccccc4)N=C(N)NC3=O)c2)c1. The Bertz CT molecular complexity index is 1110. The van der Waals surface area contributed by atoms with Crippen molar-refractivity contribution in [3.63, 3.8) is 0 Å². The highest BCUT2D eigenvalue weighted by atomic mass is 16.2. The molecule has 1 aliphatic heterocycles. The maximum Gasteiger partial charge on any atom is 0.263 e. The van der Waals surface area contributed by atoms with E-state index < -0.39 is 5.54 Å². The molecule has 1 heterocycles. The summed E-state index contributed by atoms with van der Waals surface area (Å²) in [5, 5.41) is 2.63. The molecule has 1 atom stereocenters. The van der Waals surface area contributed by atoms with Gasteiger partial charge < -0.3 is 5.73 Å². The third-order valence-electron chi connectivity index (χ3n) is 4.93. The van der Waals surface area contributed by atoms with Crippen molar-refractivity contribution >= 4 is 17.6 Å². The Balaban J connectivity index is 1.89. The van der Waals surface area contributed by atoms with Crippen LogP contribution in [0.2, 0.25) is 0 Å². The topological polar surface area (TPSA) is 84.6 Å². The first-order chi connectivity index (χ1) is 13.5. The number of guanidine groups is 1. The number of hydrogen-bond donors (Lipinski definition) is 2. The minimum Gasteiger partial charge on any atom is -0.370 e. The molecule has 28 heavy (non-hydrogen) atoms. The third-order valence-corrected chi connectivity index (χ3v) is 4.93. The first-order valence-electron chi connectivity index (χ1n) is 8.95. The van der Waals surface area contributed by atoms with Crippen LogP contribution < -0.4 is 11.1 Å². The van der Waals surface area contributed by atoms with Crippen molar-refractivity contribution in [2.75, 3.05) is 0 Å². The first kappa shape index (κ1) is 17.7. The number of rotatable bonds is 4. The normalized spacial score (nSPS) is 18.5. The lowest BCUT2D eigenvalue weighted by molar-refractivity contribution is -0.122. The molecule has 1 amide bonds. The van der Waals surface area contributed by atoms with Crippen LogP contribution in [0.15, 0.2) is 83.9 Å². The average Bonchev–Trinajstić information content (AvgIpc) is 3.03. The van der Waals surface area contributed by atoms with Gasteiger partial charge in [-0.3, -0.25) is 14.9 Å². The highest BCUT2D eigenvalue weighted by molar-refractivity contribution is 6.09. The number of carbonyl (C=O) groups is 2. The summed E-state index contributed by atoms with van der Waals surface area (Å²) in [6.07, 6.45) is 0. The van der Waals surface area contributed by atoms with Gasteiger partial charge in [-0.1, -0.05) is 66.7 Å². The Morgan fingerprint density at radius 3 is 2.18 bits per heavy atom.